The van der Waals surface area contributed by atoms with Crippen LogP contribution in [0.3, 0.4) is 0 Å². The van der Waals surface area contributed by atoms with Crippen LogP contribution in [0.2, 0.25) is 0 Å². The largest absolute Gasteiger partial charge is 0.357 e. The van der Waals surface area contributed by atoms with Gasteiger partial charge in [0, 0.05) is 44.2 Å². The van der Waals surface area contributed by atoms with E-state index in [-0.39, 0.29) is 0 Å². The lowest BCUT2D eigenvalue weighted by atomic mass is 10.2. The summed E-state index contributed by atoms with van der Waals surface area (Å²) in [5, 5.41) is 12.0. The minimum Gasteiger partial charge on any atom is -0.357 e. The van der Waals surface area contributed by atoms with E-state index in [9.17, 15) is 0 Å². The molecule has 0 aliphatic rings. The molecule has 0 aliphatic carbocycles. The fourth-order valence-electron chi connectivity index (χ4n) is 2.18. The minimum absolute atomic E-state index is 0.745. The van der Waals surface area contributed by atoms with E-state index < -0.39 is 0 Å². The number of aryl methyl sites for hydroxylation is 3. The first-order chi connectivity index (χ1) is 11.1. The second kappa shape index (κ2) is 8.67. The molecule has 0 aliphatic heterocycles. The van der Waals surface area contributed by atoms with E-state index in [1.54, 1.807) is 11.3 Å². The van der Waals surface area contributed by atoms with E-state index in [0.717, 1.165) is 49.1 Å². The number of aromatic nitrogens is 3. The summed E-state index contributed by atoms with van der Waals surface area (Å²) in [5.41, 5.74) is 2.36. The van der Waals surface area contributed by atoms with Gasteiger partial charge < -0.3 is 10.6 Å². The maximum absolute atomic E-state index is 4.62. The number of hydrogen-bond acceptors (Lipinski definition) is 4. The fraction of sp³-hybridized carbons (Fsp3) is 0.562. The highest BCUT2D eigenvalue weighted by Crippen LogP contribution is 2.16. The van der Waals surface area contributed by atoms with E-state index in [4.69, 9.17) is 0 Å². The van der Waals surface area contributed by atoms with Gasteiger partial charge in [0.05, 0.1) is 16.9 Å². The molecule has 0 saturated carbocycles. The lowest BCUT2D eigenvalue weighted by Crippen LogP contribution is -2.38. The molecule has 0 aromatic carbocycles. The van der Waals surface area contributed by atoms with Crippen LogP contribution in [0.25, 0.3) is 0 Å². The molecule has 2 aromatic rings. The Kier molecular flexibility index (Phi) is 6.58. The third kappa shape index (κ3) is 5.67. The fourth-order valence-corrected chi connectivity index (χ4v) is 3.10. The van der Waals surface area contributed by atoms with Crippen molar-refractivity contribution in [3.8, 4) is 0 Å². The summed E-state index contributed by atoms with van der Waals surface area (Å²) >= 11 is 1.77. The summed E-state index contributed by atoms with van der Waals surface area (Å²) in [4.78, 5) is 10.5. The van der Waals surface area contributed by atoms with Crippen molar-refractivity contribution in [1.82, 2.24) is 25.4 Å². The zero-order chi connectivity index (χ0) is 16.7. The number of rotatable bonds is 7. The van der Waals surface area contributed by atoms with Gasteiger partial charge in [-0.1, -0.05) is 0 Å². The Morgan fingerprint density at radius 2 is 2.13 bits per heavy atom. The average molecular weight is 334 g/mol. The molecule has 0 unspecified atom stereocenters. The van der Waals surface area contributed by atoms with Gasteiger partial charge in [-0.25, -0.2) is 4.98 Å². The van der Waals surface area contributed by atoms with Crippen molar-refractivity contribution in [2.24, 2.45) is 12.0 Å². The molecule has 23 heavy (non-hydrogen) atoms. The molecule has 0 saturated heterocycles. The van der Waals surface area contributed by atoms with Crippen molar-refractivity contribution in [1.29, 1.82) is 0 Å². The van der Waals surface area contributed by atoms with Crippen molar-refractivity contribution >= 4 is 17.3 Å². The van der Waals surface area contributed by atoms with Crippen LogP contribution in [0.4, 0.5) is 0 Å². The SMILES string of the molecule is CCNC(=NCCc1nc(C)c(C)s1)NCCc1cnn(C)c1. The second-order valence-corrected chi connectivity index (χ2v) is 6.75. The smallest absolute Gasteiger partial charge is 0.191 e. The Hall–Kier alpha value is -1.89. The van der Waals surface area contributed by atoms with Crippen molar-refractivity contribution in [3.63, 3.8) is 0 Å². The van der Waals surface area contributed by atoms with Crippen LogP contribution >= 0.6 is 11.3 Å². The third-order valence-corrected chi connectivity index (χ3v) is 4.61. The number of nitrogens with one attached hydrogen (secondary N) is 2. The maximum Gasteiger partial charge on any atom is 0.191 e. The number of thiazole rings is 1. The standard InChI is InChI=1S/C16H26N6S/c1-5-17-16(18-8-6-14-10-20-22(4)11-14)19-9-7-15-21-12(2)13(3)23-15/h10-11H,5-9H2,1-4H3,(H2,17,18,19). The molecule has 2 rings (SSSR count). The molecule has 0 bridgehead atoms. The van der Waals surface area contributed by atoms with Crippen LogP contribution in [0, 0.1) is 13.8 Å². The van der Waals surface area contributed by atoms with Gasteiger partial charge in [0.15, 0.2) is 5.96 Å². The highest BCUT2D eigenvalue weighted by molar-refractivity contribution is 7.11. The molecular formula is C16H26N6S. The molecular weight excluding hydrogens is 308 g/mol. The van der Waals surface area contributed by atoms with Crippen molar-refractivity contribution in [3.05, 3.63) is 33.5 Å². The summed E-state index contributed by atoms with van der Waals surface area (Å²) in [6, 6.07) is 0. The normalized spacial score (nSPS) is 11.7. The molecule has 126 valence electrons. The maximum atomic E-state index is 4.62. The Labute approximate surface area is 142 Å². The van der Waals surface area contributed by atoms with E-state index in [0.29, 0.717) is 0 Å². The number of hydrogen-bond donors (Lipinski definition) is 2. The molecule has 0 radical (unpaired) electrons. The Morgan fingerprint density at radius 3 is 2.74 bits per heavy atom. The second-order valence-electron chi connectivity index (χ2n) is 5.46. The van der Waals surface area contributed by atoms with Crippen molar-refractivity contribution in [2.75, 3.05) is 19.6 Å². The zero-order valence-electron chi connectivity index (χ0n) is 14.4. The van der Waals surface area contributed by atoms with Crippen LogP contribution in [0.15, 0.2) is 17.4 Å². The third-order valence-electron chi connectivity index (χ3n) is 3.48. The van der Waals surface area contributed by atoms with Crippen LogP contribution in [-0.4, -0.2) is 40.4 Å². The molecule has 2 heterocycles. The lowest BCUT2D eigenvalue weighted by Gasteiger charge is -2.10. The van der Waals surface area contributed by atoms with Gasteiger partial charge in [0.1, 0.15) is 0 Å². The van der Waals surface area contributed by atoms with E-state index in [2.05, 4.69) is 46.5 Å². The molecule has 0 spiro atoms. The van der Waals surface area contributed by atoms with Gasteiger partial charge in [-0.05, 0) is 32.8 Å². The summed E-state index contributed by atoms with van der Waals surface area (Å²) in [6.45, 7) is 8.69. The first-order valence-electron chi connectivity index (χ1n) is 8.01. The van der Waals surface area contributed by atoms with Gasteiger partial charge >= 0.3 is 0 Å². The van der Waals surface area contributed by atoms with Crippen LogP contribution < -0.4 is 10.6 Å². The molecule has 0 fully saturated rings. The Balaban J connectivity index is 1.79. The lowest BCUT2D eigenvalue weighted by molar-refractivity contribution is 0.764. The van der Waals surface area contributed by atoms with Crippen LogP contribution in [-0.2, 0) is 19.9 Å². The minimum atomic E-state index is 0.745. The topological polar surface area (TPSA) is 67.1 Å². The van der Waals surface area contributed by atoms with E-state index in [1.165, 1.54) is 10.4 Å². The van der Waals surface area contributed by atoms with Crippen molar-refractivity contribution < 1.29 is 0 Å². The molecule has 0 amide bonds. The number of guanidine groups is 1. The highest BCUT2D eigenvalue weighted by Gasteiger charge is 2.03. The molecule has 6 nitrogen and oxygen atoms in total. The van der Waals surface area contributed by atoms with E-state index in [1.807, 2.05) is 24.1 Å². The van der Waals surface area contributed by atoms with Crippen LogP contribution in [0.5, 0.6) is 0 Å². The van der Waals surface area contributed by atoms with E-state index >= 15 is 0 Å². The summed E-state index contributed by atoms with van der Waals surface area (Å²) in [5.74, 6) is 0.862. The first kappa shape index (κ1) is 17.5. The summed E-state index contributed by atoms with van der Waals surface area (Å²) in [7, 11) is 1.94. The average Bonchev–Trinajstić information content (AvgIpc) is 3.05. The zero-order valence-corrected chi connectivity index (χ0v) is 15.2. The van der Waals surface area contributed by atoms with Gasteiger partial charge in [-0.3, -0.25) is 9.67 Å². The van der Waals surface area contributed by atoms with Gasteiger partial charge in [-0.15, -0.1) is 11.3 Å². The Bertz CT molecular complexity index is 623. The quantitative estimate of drug-likeness (QED) is 0.599. The predicted octanol–water partition coefficient (Wildman–Crippen LogP) is 1.83. The molecule has 2 N–H and O–H groups in total. The van der Waals surface area contributed by atoms with Gasteiger partial charge in [0.2, 0.25) is 0 Å². The highest BCUT2D eigenvalue weighted by atomic mass is 32.1. The number of nitrogens with zero attached hydrogens (tertiary/aromatic N) is 4. The van der Waals surface area contributed by atoms with Crippen LogP contribution in [0.1, 0.15) is 28.1 Å². The molecule has 0 atom stereocenters. The van der Waals surface area contributed by atoms with Gasteiger partial charge in [0.25, 0.3) is 0 Å². The molecule has 2 aromatic heterocycles. The van der Waals surface area contributed by atoms with Gasteiger partial charge in [-0.2, -0.15) is 5.10 Å². The first-order valence-corrected chi connectivity index (χ1v) is 8.82. The molecule has 7 heteroatoms. The summed E-state index contributed by atoms with van der Waals surface area (Å²) < 4.78 is 1.83. The Morgan fingerprint density at radius 1 is 1.30 bits per heavy atom. The monoisotopic (exact) mass is 334 g/mol. The predicted molar refractivity (Wildman–Crippen MR) is 96.2 cm³/mol. The number of aliphatic imine (C=N–C) groups is 1. The van der Waals surface area contributed by atoms with Crippen molar-refractivity contribution in [2.45, 2.75) is 33.6 Å². The summed E-state index contributed by atoms with van der Waals surface area (Å²) in [6.07, 6.45) is 5.76.